The van der Waals surface area contributed by atoms with Crippen LogP contribution in [0.3, 0.4) is 0 Å². The van der Waals surface area contributed by atoms with Gasteiger partial charge in [0.15, 0.2) is 5.82 Å². The molecule has 2 amide bonds. The molecule has 9 nitrogen and oxygen atoms in total. The van der Waals surface area contributed by atoms with Crippen molar-refractivity contribution in [3.8, 4) is 5.75 Å². The summed E-state index contributed by atoms with van der Waals surface area (Å²) in [5.41, 5.74) is 2.89. The number of nitrogens with zero attached hydrogens (tertiary/aromatic N) is 4. The maximum Gasteiger partial charge on any atom is 0.276 e. The van der Waals surface area contributed by atoms with Gasteiger partial charge in [0, 0.05) is 49.7 Å². The van der Waals surface area contributed by atoms with Crippen LogP contribution >= 0.6 is 0 Å². The molecular weight excluding hydrogens is 451 g/mol. The number of aromatic amines is 1. The van der Waals surface area contributed by atoms with E-state index in [0.29, 0.717) is 24.5 Å². The monoisotopic (exact) mass is 478 g/mol. The van der Waals surface area contributed by atoms with E-state index in [1.807, 2.05) is 24.3 Å². The fraction of sp³-hybridized carbons (Fsp3) is 0.320. The molecule has 0 bridgehead atoms. The summed E-state index contributed by atoms with van der Waals surface area (Å²) < 4.78 is 18.3. The van der Waals surface area contributed by atoms with E-state index in [-0.39, 0.29) is 24.2 Å². The van der Waals surface area contributed by atoms with Gasteiger partial charge in [0.25, 0.3) is 5.91 Å². The predicted molar refractivity (Wildman–Crippen MR) is 131 cm³/mol. The van der Waals surface area contributed by atoms with Crippen molar-refractivity contribution < 1.29 is 18.7 Å². The Morgan fingerprint density at radius 3 is 2.40 bits per heavy atom. The molecule has 10 heteroatoms. The number of methoxy groups -OCH3 is 1. The quantitative estimate of drug-likeness (QED) is 0.566. The zero-order chi connectivity index (χ0) is 24.4. The highest BCUT2D eigenvalue weighted by molar-refractivity contribution is 6.08. The number of rotatable bonds is 6. The van der Waals surface area contributed by atoms with Crippen molar-refractivity contribution in [1.82, 2.24) is 15.1 Å². The Labute approximate surface area is 202 Å². The summed E-state index contributed by atoms with van der Waals surface area (Å²) >= 11 is 0. The second-order valence-electron chi connectivity index (χ2n) is 8.62. The van der Waals surface area contributed by atoms with Gasteiger partial charge in [0.05, 0.1) is 13.7 Å². The number of ether oxygens (including phenoxy) is 1. The van der Waals surface area contributed by atoms with Crippen LogP contribution in [-0.4, -0.2) is 73.3 Å². The van der Waals surface area contributed by atoms with Gasteiger partial charge < -0.3 is 19.9 Å². The van der Waals surface area contributed by atoms with E-state index in [2.05, 4.69) is 25.3 Å². The number of amides is 2. The first-order valence-corrected chi connectivity index (χ1v) is 11.6. The fourth-order valence-electron chi connectivity index (χ4n) is 4.55. The largest absolute Gasteiger partial charge is 0.497 e. The lowest BCUT2D eigenvalue weighted by molar-refractivity contribution is -0.117. The van der Waals surface area contributed by atoms with Crippen LogP contribution in [0.25, 0.3) is 0 Å². The van der Waals surface area contributed by atoms with E-state index >= 15 is 0 Å². The molecule has 0 radical (unpaired) electrons. The molecule has 2 aliphatic heterocycles. The molecule has 0 saturated carbocycles. The SMILES string of the molecule is COc1ccc(N2CCc3c(NC(=O)CN4CCN(c5ccc(F)cc5)CC4)n[nH]c3C2=O)cc1. The Balaban J connectivity index is 1.16. The summed E-state index contributed by atoms with van der Waals surface area (Å²) in [5, 5.41) is 9.89. The zero-order valence-corrected chi connectivity index (χ0v) is 19.5. The number of H-pyrrole nitrogens is 1. The molecule has 1 fully saturated rings. The highest BCUT2D eigenvalue weighted by atomic mass is 19.1. The molecule has 0 unspecified atom stereocenters. The Bertz CT molecular complexity index is 1200. The predicted octanol–water partition coefficient (Wildman–Crippen LogP) is 2.52. The second kappa shape index (κ2) is 9.75. The molecule has 1 aromatic heterocycles. The van der Waals surface area contributed by atoms with Gasteiger partial charge in [-0.2, -0.15) is 5.10 Å². The summed E-state index contributed by atoms with van der Waals surface area (Å²) in [6, 6.07) is 13.8. The van der Waals surface area contributed by atoms with Crippen molar-refractivity contribution in [3.05, 3.63) is 65.6 Å². The number of anilines is 3. The number of nitrogens with one attached hydrogen (secondary N) is 2. The van der Waals surface area contributed by atoms with E-state index in [4.69, 9.17) is 4.74 Å². The van der Waals surface area contributed by atoms with Crippen molar-refractivity contribution in [1.29, 1.82) is 0 Å². The third-order valence-corrected chi connectivity index (χ3v) is 6.48. The van der Waals surface area contributed by atoms with Crippen LogP contribution in [0, 0.1) is 5.82 Å². The molecule has 0 spiro atoms. The van der Waals surface area contributed by atoms with Crippen LogP contribution < -0.4 is 19.9 Å². The van der Waals surface area contributed by atoms with Crippen LogP contribution in [0.5, 0.6) is 5.75 Å². The number of carbonyl (C=O) groups excluding carboxylic acids is 2. The smallest absolute Gasteiger partial charge is 0.276 e. The molecule has 3 aromatic rings. The Kier molecular flexibility index (Phi) is 6.37. The first-order valence-electron chi connectivity index (χ1n) is 11.6. The molecule has 2 aliphatic rings. The number of carbonyl (C=O) groups is 2. The number of hydrogen-bond acceptors (Lipinski definition) is 6. The maximum absolute atomic E-state index is 13.2. The summed E-state index contributed by atoms with van der Waals surface area (Å²) in [7, 11) is 1.60. The molecule has 2 N–H and O–H groups in total. The topological polar surface area (TPSA) is 93.8 Å². The molecule has 0 aliphatic carbocycles. The zero-order valence-electron chi connectivity index (χ0n) is 19.5. The molecule has 0 atom stereocenters. The second-order valence-corrected chi connectivity index (χ2v) is 8.62. The van der Waals surface area contributed by atoms with Crippen LogP contribution in [0.15, 0.2) is 48.5 Å². The van der Waals surface area contributed by atoms with Gasteiger partial charge in [0.2, 0.25) is 5.91 Å². The van der Waals surface area contributed by atoms with E-state index in [1.165, 1.54) is 12.1 Å². The molecule has 2 aromatic carbocycles. The summed E-state index contributed by atoms with van der Waals surface area (Å²) in [4.78, 5) is 31.7. The normalized spacial score (nSPS) is 16.2. The lowest BCUT2D eigenvalue weighted by Gasteiger charge is -2.35. The third kappa shape index (κ3) is 4.83. The minimum absolute atomic E-state index is 0.167. The molecule has 1 saturated heterocycles. The third-order valence-electron chi connectivity index (χ3n) is 6.48. The van der Waals surface area contributed by atoms with Crippen molar-refractivity contribution >= 4 is 29.0 Å². The highest BCUT2D eigenvalue weighted by Crippen LogP contribution is 2.28. The Morgan fingerprint density at radius 2 is 1.71 bits per heavy atom. The Morgan fingerprint density at radius 1 is 1.03 bits per heavy atom. The van der Waals surface area contributed by atoms with E-state index < -0.39 is 0 Å². The molecular formula is C25H27FN6O3. The molecule has 5 rings (SSSR count). The summed E-state index contributed by atoms with van der Waals surface area (Å²) in [6.07, 6.45) is 0.579. The fourth-order valence-corrected chi connectivity index (χ4v) is 4.55. The van der Waals surface area contributed by atoms with Gasteiger partial charge in [0.1, 0.15) is 17.3 Å². The van der Waals surface area contributed by atoms with Crippen LogP contribution in [0.4, 0.5) is 21.6 Å². The highest BCUT2D eigenvalue weighted by Gasteiger charge is 2.31. The average molecular weight is 479 g/mol. The number of hydrogen-bond donors (Lipinski definition) is 2. The van der Waals surface area contributed by atoms with Gasteiger partial charge in [-0.05, 0) is 55.0 Å². The lowest BCUT2D eigenvalue weighted by Crippen LogP contribution is -2.48. The standard InChI is InChI=1S/C25H27FN6O3/c1-35-20-8-6-19(7-9-20)32-11-10-21-23(25(32)34)28-29-24(21)27-22(33)16-30-12-14-31(15-13-30)18-4-2-17(26)3-5-18/h2-9H,10-16H2,1H3,(H2,27,28,29,33). The van der Waals surface area contributed by atoms with Crippen LogP contribution in [-0.2, 0) is 11.2 Å². The summed E-state index contributed by atoms with van der Waals surface area (Å²) in [6.45, 7) is 3.69. The number of benzene rings is 2. The molecule has 35 heavy (non-hydrogen) atoms. The van der Waals surface area contributed by atoms with Gasteiger partial charge in [-0.3, -0.25) is 19.6 Å². The van der Waals surface area contributed by atoms with Gasteiger partial charge >= 0.3 is 0 Å². The number of halogens is 1. The van der Waals surface area contributed by atoms with Gasteiger partial charge in [-0.1, -0.05) is 0 Å². The number of aromatic nitrogens is 2. The van der Waals surface area contributed by atoms with E-state index in [0.717, 1.165) is 48.9 Å². The first-order chi connectivity index (χ1) is 17.0. The minimum Gasteiger partial charge on any atom is -0.497 e. The van der Waals surface area contributed by atoms with E-state index in [9.17, 15) is 14.0 Å². The number of piperazine rings is 1. The maximum atomic E-state index is 13.2. The van der Waals surface area contributed by atoms with Crippen LogP contribution in [0.2, 0.25) is 0 Å². The lowest BCUT2D eigenvalue weighted by atomic mass is 10.1. The van der Waals surface area contributed by atoms with Gasteiger partial charge in [-0.15, -0.1) is 0 Å². The average Bonchev–Trinajstić information content (AvgIpc) is 3.29. The minimum atomic E-state index is -0.250. The van der Waals surface area contributed by atoms with Crippen molar-refractivity contribution in [2.24, 2.45) is 0 Å². The molecule has 182 valence electrons. The van der Waals surface area contributed by atoms with Crippen molar-refractivity contribution in [2.75, 3.05) is 61.5 Å². The van der Waals surface area contributed by atoms with Crippen LogP contribution in [0.1, 0.15) is 16.1 Å². The summed E-state index contributed by atoms with van der Waals surface area (Å²) in [5.74, 6) is 0.542. The first kappa shape index (κ1) is 22.9. The van der Waals surface area contributed by atoms with Crippen molar-refractivity contribution in [3.63, 3.8) is 0 Å². The number of fused-ring (bicyclic) bond motifs is 1. The van der Waals surface area contributed by atoms with Crippen molar-refractivity contribution in [2.45, 2.75) is 6.42 Å². The van der Waals surface area contributed by atoms with Gasteiger partial charge in [-0.25, -0.2) is 4.39 Å². The Hall–Kier alpha value is -3.92. The van der Waals surface area contributed by atoms with E-state index in [1.54, 1.807) is 24.1 Å². The molecule has 3 heterocycles.